The molecule has 24 heavy (non-hydrogen) atoms. The fourth-order valence-corrected chi connectivity index (χ4v) is 3.08. The summed E-state index contributed by atoms with van der Waals surface area (Å²) in [5.41, 5.74) is 0.349. The second kappa shape index (κ2) is 9.60. The second-order valence-corrected chi connectivity index (χ2v) is 6.62. The maximum atomic E-state index is 12.1. The normalized spacial score (nSPS) is 16.1. The van der Waals surface area contributed by atoms with Gasteiger partial charge in [-0.2, -0.15) is 0 Å². The Bertz CT molecular complexity index is 586. The highest BCUT2D eigenvalue weighted by Crippen LogP contribution is 2.26. The molecule has 5 heteroatoms. The molecule has 0 spiro atoms. The number of carbonyl (C=O) groups excluding carboxylic acids is 1. The van der Waals surface area contributed by atoms with Crippen molar-refractivity contribution >= 4 is 29.4 Å². The molecule has 0 bridgehead atoms. The molecule has 0 heterocycles. The van der Waals surface area contributed by atoms with E-state index in [0.717, 1.165) is 6.42 Å². The van der Waals surface area contributed by atoms with Crippen LogP contribution in [0.15, 0.2) is 29.8 Å². The summed E-state index contributed by atoms with van der Waals surface area (Å²) in [5, 5.41) is 9.81. The topological polar surface area (TPSA) is 63.6 Å². The van der Waals surface area contributed by atoms with Gasteiger partial charge in [-0.25, -0.2) is 4.79 Å². The first-order valence-electron chi connectivity index (χ1n) is 8.38. The number of halogens is 1. The van der Waals surface area contributed by atoms with E-state index in [4.69, 9.17) is 16.3 Å². The molecule has 1 aromatic rings. The summed E-state index contributed by atoms with van der Waals surface area (Å²) in [7, 11) is 0. The number of benzene rings is 1. The van der Waals surface area contributed by atoms with Crippen LogP contribution in [0.5, 0.6) is 0 Å². The zero-order valence-electron chi connectivity index (χ0n) is 13.7. The third-order valence-electron chi connectivity index (χ3n) is 4.34. The SMILES string of the molecule is O=C(O)C(=Cc1ccc(Cl)cc1)C(=O)COCCC1CCCCC1. The summed E-state index contributed by atoms with van der Waals surface area (Å²) in [6.45, 7) is 0.308. The molecular formula is C19H23ClO4. The number of Topliss-reactive ketones (excluding diaryl/α,β-unsaturated/α-hetero) is 1. The van der Waals surface area contributed by atoms with Crippen LogP contribution in [0.3, 0.4) is 0 Å². The average molecular weight is 351 g/mol. The van der Waals surface area contributed by atoms with Crippen molar-refractivity contribution in [3.05, 3.63) is 40.4 Å². The van der Waals surface area contributed by atoms with Gasteiger partial charge in [-0.15, -0.1) is 0 Å². The zero-order valence-corrected chi connectivity index (χ0v) is 14.4. The first-order chi connectivity index (χ1) is 11.6. The maximum absolute atomic E-state index is 12.1. The van der Waals surface area contributed by atoms with Crippen LogP contribution in [-0.4, -0.2) is 30.1 Å². The van der Waals surface area contributed by atoms with Crippen LogP contribution in [0.25, 0.3) is 6.08 Å². The fourth-order valence-electron chi connectivity index (χ4n) is 2.96. The fraction of sp³-hybridized carbons (Fsp3) is 0.474. The minimum Gasteiger partial charge on any atom is -0.478 e. The van der Waals surface area contributed by atoms with E-state index in [-0.39, 0.29) is 12.2 Å². The molecule has 4 nitrogen and oxygen atoms in total. The van der Waals surface area contributed by atoms with Crippen LogP contribution >= 0.6 is 11.6 Å². The van der Waals surface area contributed by atoms with Crippen molar-refractivity contribution in [3.8, 4) is 0 Å². The number of carbonyl (C=O) groups is 2. The zero-order chi connectivity index (χ0) is 17.4. The highest BCUT2D eigenvalue weighted by Gasteiger charge is 2.18. The predicted octanol–water partition coefficient (Wildman–Crippen LogP) is 4.36. The Balaban J connectivity index is 1.84. The van der Waals surface area contributed by atoms with Crippen LogP contribution in [-0.2, 0) is 14.3 Å². The lowest BCUT2D eigenvalue weighted by Gasteiger charge is -2.21. The van der Waals surface area contributed by atoms with Gasteiger partial charge in [0.15, 0.2) is 5.78 Å². The van der Waals surface area contributed by atoms with E-state index in [9.17, 15) is 14.7 Å². The summed E-state index contributed by atoms with van der Waals surface area (Å²) >= 11 is 5.80. The first-order valence-corrected chi connectivity index (χ1v) is 8.75. The van der Waals surface area contributed by atoms with E-state index < -0.39 is 11.8 Å². The van der Waals surface area contributed by atoms with Crippen molar-refractivity contribution in [1.29, 1.82) is 0 Å². The molecule has 1 N–H and O–H groups in total. The molecule has 0 radical (unpaired) electrons. The summed E-state index contributed by atoms with van der Waals surface area (Å²) in [6.07, 6.45) is 8.62. The number of carboxylic acid groups (broad SMARTS) is 1. The van der Waals surface area contributed by atoms with Gasteiger partial charge in [0.2, 0.25) is 0 Å². The van der Waals surface area contributed by atoms with Gasteiger partial charge >= 0.3 is 5.97 Å². The third kappa shape index (κ3) is 6.10. The van der Waals surface area contributed by atoms with Crippen molar-refractivity contribution in [1.82, 2.24) is 0 Å². The quantitative estimate of drug-likeness (QED) is 0.327. The molecule has 1 aromatic carbocycles. The molecular weight excluding hydrogens is 328 g/mol. The van der Waals surface area contributed by atoms with Gasteiger partial charge in [0.25, 0.3) is 0 Å². The Morgan fingerprint density at radius 2 is 1.83 bits per heavy atom. The highest BCUT2D eigenvalue weighted by molar-refractivity contribution is 6.30. The van der Waals surface area contributed by atoms with Crippen LogP contribution in [0.1, 0.15) is 44.1 Å². The minimum absolute atomic E-state index is 0.196. The largest absolute Gasteiger partial charge is 0.478 e. The molecule has 0 amide bonds. The Morgan fingerprint density at radius 1 is 1.17 bits per heavy atom. The van der Waals surface area contributed by atoms with E-state index in [0.29, 0.717) is 23.1 Å². The maximum Gasteiger partial charge on any atom is 0.339 e. The predicted molar refractivity (Wildman–Crippen MR) is 94.1 cm³/mol. The molecule has 2 rings (SSSR count). The highest BCUT2D eigenvalue weighted by atomic mass is 35.5. The monoisotopic (exact) mass is 350 g/mol. The lowest BCUT2D eigenvalue weighted by Crippen LogP contribution is -2.19. The molecule has 0 atom stereocenters. The molecule has 0 unspecified atom stereocenters. The number of aliphatic carboxylic acids is 1. The number of hydrogen-bond acceptors (Lipinski definition) is 3. The standard InChI is InChI=1S/C19H23ClO4/c20-16-8-6-15(7-9-16)12-17(19(22)23)18(21)13-24-11-10-14-4-2-1-3-5-14/h6-9,12,14H,1-5,10-11,13H2,(H,22,23). The molecule has 1 saturated carbocycles. The van der Waals surface area contributed by atoms with Crippen molar-refractivity contribution in [2.24, 2.45) is 5.92 Å². The van der Waals surface area contributed by atoms with Crippen LogP contribution in [0, 0.1) is 5.92 Å². The van der Waals surface area contributed by atoms with Crippen LogP contribution in [0.4, 0.5) is 0 Å². The van der Waals surface area contributed by atoms with Crippen molar-refractivity contribution in [3.63, 3.8) is 0 Å². The minimum atomic E-state index is -1.24. The Labute approximate surface area is 147 Å². The van der Waals surface area contributed by atoms with Gasteiger partial charge in [-0.3, -0.25) is 4.79 Å². The van der Waals surface area contributed by atoms with E-state index in [1.54, 1.807) is 24.3 Å². The van der Waals surface area contributed by atoms with Crippen molar-refractivity contribution < 1.29 is 19.4 Å². The molecule has 1 aliphatic rings. The van der Waals surface area contributed by atoms with E-state index >= 15 is 0 Å². The average Bonchev–Trinajstić information content (AvgIpc) is 2.58. The molecule has 1 fully saturated rings. The second-order valence-electron chi connectivity index (χ2n) is 6.18. The lowest BCUT2D eigenvalue weighted by atomic mass is 9.87. The Kier molecular flexibility index (Phi) is 7.47. The van der Waals surface area contributed by atoms with Crippen LogP contribution in [0.2, 0.25) is 5.02 Å². The third-order valence-corrected chi connectivity index (χ3v) is 4.59. The first kappa shape index (κ1) is 18.7. The van der Waals surface area contributed by atoms with E-state index in [1.165, 1.54) is 38.2 Å². The van der Waals surface area contributed by atoms with Crippen LogP contribution < -0.4 is 0 Å². The summed E-state index contributed by atoms with van der Waals surface area (Å²) in [4.78, 5) is 23.4. The number of ketones is 1. The summed E-state index contributed by atoms with van der Waals surface area (Å²) in [5.74, 6) is -1.08. The summed E-state index contributed by atoms with van der Waals surface area (Å²) in [6, 6.07) is 6.64. The van der Waals surface area contributed by atoms with Crippen molar-refractivity contribution in [2.75, 3.05) is 13.2 Å². The van der Waals surface area contributed by atoms with Gasteiger partial charge in [0.05, 0.1) is 0 Å². The van der Waals surface area contributed by atoms with Gasteiger partial charge < -0.3 is 9.84 Å². The van der Waals surface area contributed by atoms with Crippen molar-refractivity contribution in [2.45, 2.75) is 38.5 Å². The van der Waals surface area contributed by atoms with E-state index in [1.807, 2.05) is 0 Å². The Hall–Kier alpha value is -1.65. The number of rotatable bonds is 8. The van der Waals surface area contributed by atoms with Gasteiger partial charge in [0, 0.05) is 11.6 Å². The van der Waals surface area contributed by atoms with Gasteiger partial charge in [0.1, 0.15) is 12.2 Å². The number of hydrogen-bond donors (Lipinski definition) is 1. The molecule has 1 aliphatic carbocycles. The molecule has 0 saturated heterocycles. The van der Waals surface area contributed by atoms with Gasteiger partial charge in [-0.05, 0) is 36.1 Å². The molecule has 0 aliphatic heterocycles. The van der Waals surface area contributed by atoms with E-state index in [2.05, 4.69) is 0 Å². The lowest BCUT2D eigenvalue weighted by molar-refractivity contribution is -0.135. The number of carboxylic acids is 1. The molecule has 0 aromatic heterocycles. The molecule has 130 valence electrons. The Morgan fingerprint density at radius 3 is 2.46 bits per heavy atom. The van der Waals surface area contributed by atoms with Gasteiger partial charge in [-0.1, -0.05) is 55.8 Å². The summed E-state index contributed by atoms with van der Waals surface area (Å²) < 4.78 is 5.41. The smallest absolute Gasteiger partial charge is 0.339 e. The number of ether oxygens (including phenoxy) is 1.